The molecular weight excluding hydrogens is 322 g/mol. The number of nitrogens with two attached hydrogens (primary N) is 1. The van der Waals surface area contributed by atoms with Gasteiger partial charge in [-0.05, 0) is 25.1 Å². The Kier molecular flexibility index (Phi) is 2.93. The molecule has 1 aromatic carbocycles. The van der Waals surface area contributed by atoms with Gasteiger partial charge < -0.3 is 10.5 Å². The molecule has 0 saturated carbocycles. The Morgan fingerprint density at radius 1 is 1.35 bits per heavy atom. The maximum atomic E-state index is 6.08. The van der Waals surface area contributed by atoms with E-state index in [0.29, 0.717) is 5.95 Å². The first-order valence-electron chi connectivity index (χ1n) is 6.04. The Hall–Kier alpha value is -2.02. The summed E-state index contributed by atoms with van der Waals surface area (Å²) in [4.78, 5) is 4.40. The van der Waals surface area contributed by atoms with E-state index in [4.69, 9.17) is 10.5 Å². The van der Waals surface area contributed by atoms with Crippen molar-refractivity contribution in [3.63, 3.8) is 0 Å². The molecule has 0 spiro atoms. The van der Waals surface area contributed by atoms with Crippen molar-refractivity contribution in [2.75, 3.05) is 12.8 Å². The number of nitrogen functional groups attached to an aromatic ring is 1. The van der Waals surface area contributed by atoms with Gasteiger partial charge >= 0.3 is 0 Å². The predicted octanol–water partition coefficient (Wildman–Crippen LogP) is 2.42. The molecule has 0 aliphatic carbocycles. The average molecular weight is 336 g/mol. The largest absolute Gasteiger partial charge is 0.495 e. The average Bonchev–Trinajstić information content (AvgIpc) is 2.88. The summed E-state index contributed by atoms with van der Waals surface area (Å²) in [5.41, 5.74) is 9.40. The van der Waals surface area contributed by atoms with Gasteiger partial charge in [0.1, 0.15) is 11.3 Å². The van der Waals surface area contributed by atoms with Crippen molar-refractivity contribution < 1.29 is 4.74 Å². The number of fused-ring (bicyclic) bond motifs is 1. The fraction of sp³-hybridized carbons (Fsp3) is 0.231. The van der Waals surface area contributed by atoms with Crippen LogP contribution in [0.15, 0.2) is 22.7 Å². The summed E-state index contributed by atoms with van der Waals surface area (Å²) in [5.74, 6) is 1.13. The topological polar surface area (TPSA) is 70.9 Å². The summed E-state index contributed by atoms with van der Waals surface area (Å²) in [6.45, 7) is 1.91. The Morgan fingerprint density at radius 3 is 2.80 bits per heavy atom. The molecule has 20 heavy (non-hydrogen) atoms. The number of imidazole rings is 1. The molecule has 2 N–H and O–H groups in total. The SMILES string of the molecule is COc1ccc(Br)cc1-n1c(N)nc2c(C)nn(C)c21. The number of aryl methyl sites for hydroxylation is 2. The molecule has 0 atom stereocenters. The van der Waals surface area contributed by atoms with Gasteiger partial charge in [0.25, 0.3) is 0 Å². The zero-order chi connectivity index (χ0) is 14.4. The van der Waals surface area contributed by atoms with Crippen molar-refractivity contribution in [2.45, 2.75) is 6.92 Å². The molecule has 7 heteroatoms. The number of rotatable bonds is 2. The van der Waals surface area contributed by atoms with Gasteiger partial charge in [0.2, 0.25) is 5.95 Å². The molecule has 0 radical (unpaired) electrons. The Labute approximate surface area is 124 Å². The summed E-state index contributed by atoms with van der Waals surface area (Å²) in [6, 6.07) is 5.74. The third kappa shape index (κ3) is 1.77. The van der Waals surface area contributed by atoms with Crippen LogP contribution in [0.25, 0.3) is 16.9 Å². The highest BCUT2D eigenvalue weighted by molar-refractivity contribution is 9.10. The smallest absolute Gasteiger partial charge is 0.207 e. The number of benzene rings is 1. The van der Waals surface area contributed by atoms with E-state index in [1.807, 2.05) is 36.7 Å². The van der Waals surface area contributed by atoms with Gasteiger partial charge in [-0.2, -0.15) is 5.10 Å². The number of hydrogen-bond acceptors (Lipinski definition) is 4. The molecule has 2 aromatic heterocycles. The second-order valence-corrected chi connectivity index (χ2v) is 5.42. The Morgan fingerprint density at radius 2 is 2.10 bits per heavy atom. The van der Waals surface area contributed by atoms with Crippen LogP contribution in [-0.2, 0) is 7.05 Å². The van der Waals surface area contributed by atoms with Crippen LogP contribution in [-0.4, -0.2) is 26.4 Å². The van der Waals surface area contributed by atoms with Crippen molar-refractivity contribution in [2.24, 2.45) is 7.05 Å². The highest BCUT2D eigenvalue weighted by atomic mass is 79.9. The number of aromatic nitrogens is 4. The Balaban J connectivity index is 2.40. The minimum atomic E-state index is 0.410. The van der Waals surface area contributed by atoms with E-state index in [1.54, 1.807) is 11.8 Å². The molecule has 2 heterocycles. The van der Waals surface area contributed by atoms with Gasteiger partial charge in [0, 0.05) is 11.5 Å². The van der Waals surface area contributed by atoms with Crippen LogP contribution in [0.4, 0.5) is 5.95 Å². The summed E-state index contributed by atoms with van der Waals surface area (Å²) >= 11 is 3.47. The standard InChI is InChI=1S/C13H14BrN5O/c1-7-11-12(18(2)17-7)19(13(15)16-11)9-6-8(14)4-5-10(9)20-3/h4-6H,1-3H3,(H2,15,16). The van der Waals surface area contributed by atoms with Crippen molar-refractivity contribution >= 4 is 33.0 Å². The summed E-state index contributed by atoms with van der Waals surface area (Å²) in [7, 11) is 3.50. The van der Waals surface area contributed by atoms with Gasteiger partial charge in [-0.3, -0.25) is 4.57 Å². The lowest BCUT2D eigenvalue weighted by atomic mass is 10.3. The van der Waals surface area contributed by atoms with E-state index in [0.717, 1.165) is 32.8 Å². The van der Waals surface area contributed by atoms with Crippen LogP contribution in [0, 0.1) is 6.92 Å². The first-order chi connectivity index (χ1) is 9.52. The van der Waals surface area contributed by atoms with E-state index in [-0.39, 0.29) is 0 Å². The molecule has 0 unspecified atom stereocenters. The number of ether oxygens (including phenoxy) is 1. The minimum Gasteiger partial charge on any atom is -0.495 e. The van der Waals surface area contributed by atoms with E-state index >= 15 is 0 Å². The molecule has 0 bridgehead atoms. The molecule has 0 aliphatic rings. The van der Waals surface area contributed by atoms with Gasteiger partial charge in [0.15, 0.2) is 5.65 Å². The van der Waals surface area contributed by atoms with Crippen LogP contribution in [0.5, 0.6) is 5.75 Å². The fourth-order valence-electron chi connectivity index (χ4n) is 2.36. The highest BCUT2D eigenvalue weighted by Crippen LogP contribution is 2.32. The molecule has 3 aromatic rings. The lowest BCUT2D eigenvalue weighted by molar-refractivity contribution is 0.413. The van der Waals surface area contributed by atoms with Crippen LogP contribution >= 0.6 is 15.9 Å². The van der Waals surface area contributed by atoms with E-state index in [9.17, 15) is 0 Å². The molecule has 6 nitrogen and oxygen atoms in total. The van der Waals surface area contributed by atoms with E-state index < -0.39 is 0 Å². The number of halogens is 1. The van der Waals surface area contributed by atoms with Gasteiger partial charge in [-0.25, -0.2) is 9.67 Å². The van der Waals surface area contributed by atoms with Gasteiger partial charge in [-0.15, -0.1) is 0 Å². The zero-order valence-corrected chi connectivity index (χ0v) is 13.0. The van der Waals surface area contributed by atoms with Crippen LogP contribution in [0.1, 0.15) is 5.69 Å². The molecule has 0 fully saturated rings. The number of methoxy groups -OCH3 is 1. The van der Waals surface area contributed by atoms with E-state index in [2.05, 4.69) is 26.0 Å². The van der Waals surface area contributed by atoms with Gasteiger partial charge in [0.05, 0.1) is 18.5 Å². The van der Waals surface area contributed by atoms with Crippen molar-refractivity contribution in [1.82, 2.24) is 19.3 Å². The first-order valence-corrected chi connectivity index (χ1v) is 6.83. The Bertz CT molecular complexity index is 805. The lowest BCUT2D eigenvalue weighted by Gasteiger charge is -2.12. The highest BCUT2D eigenvalue weighted by Gasteiger charge is 2.19. The number of nitrogens with zero attached hydrogens (tertiary/aromatic N) is 4. The quantitative estimate of drug-likeness (QED) is 0.780. The monoisotopic (exact) mass is 335 g/mol. The third-order valence-electron chi connectivity index (χ3n) is 3.21. The second kappa shape index (κ2) is 4.52. The van der Waals surface area contributed by atoms with Crippen LogP contribution < -0.4 is 10.5 Å². The molecular formula is C13H14BrN5O. The van der Waals surface area contributed by atoms with Crippen LogP contribution in [0.2, 0.25) is 0 Å². The van der Waals surface area contributed by atoms with Crippen molar-refractivity contribution in [1.29, 1.82) is 0 Å². The number of anilines is 1. The predicted molar refractivity (Wildman–Crippen MR) is 81.2 cm³/mol. The molecule has 0 aliphatic heterocycles. The summed E-state index contributed by atoms with van der Waals surface area (Å²) < 4.78 is 9.98. The fourth-order valence-corrected chi connectivity index (χ4v) is 2.71. The minimum absolute atomic E-state index is 0.410. The molecule has 104 valence electrons. The van der Waals surface area contributed by atoms with E-state index in [1.165, 1.54) is 0 Å². The maximum Gasteiger partial charge on any atom is 0.207 e. The summed E-state index contributed by atoms with van der Waals surface area (Å²) in [6.07, 6.45) is 0. The third-order valence-corrected chi connectivity index (χ3v) is 3.70. The maximum absolute atomic E-state index is 6.08. The molecule has 0 amide bonds. The second-order valence-electron chi connectivity index (χ2n) is 4.50. The number of hydrogen-bond donors (Lipinski definition) is 1. The lowest BCUT2D eigenvalue weighted by Crippen LogP contribution is -2.06. The first kappa shape index (κ1) is 13.0. The molecule has 3 rings (SSSR count). The molecule has 0 saturated heterocycles. The van der Waals surface area contributed by atoms with Crippen molar-refractivity contribution in [3.8, 4) is 11.4 Å². The normalized spacial score (nSPS) is 11.2. The van der Waals surface area contributed by atoms with Crippen molar-refractivity contribution in [3.05, 3.63) is 28.4 Å². The zero-order valence-electron chi connectivity index (χ0n) is 11.4. The van der Waals surface area contributed by atoms with Gasteiger partial charge in [-0.1, -0.05) is 15.9 Å². The summed E-state index contributed by atoms with van der Waals surface area (Å²) in [5, 5.41) is 4.38. The van der Waals surface area contributed by atoms with Crippen LogP contribution in [0.3, 0.4) is 0 Å².